The van der Waals surface area contributed by atoms with Crippen LogP contribution in [-0.2, 0) is 4.74 Å². The van der Waals surface area contributed by atoms with Crippen molar-refractivity contribution in [2.24, 2.45) is 0 Å². The number of halogens is 1. The van der Waals surface area contributed by atoms with Crippen molar-refractivity contribution >= 4 is 40.4 Å². The molecule has 1 unspecified atom stereocenters. The van der Waals surface area contributed by atoms with E-state index in [-0.39, 0.29) is 10.8 Å². The van der Waals surface area contributed by atoms with E-state index in [2.05, 4.69) is 10.4 Å². The molecule has 6 nitrogen and oxygen atoms in total. The van der Waals surface area contributed by atoms with Crippen LogP contribution < -0.4 is 16.0 Å². The monoisotopic (exact) mass is 512 g/mol. The average Bonchev–Trinajstić information content (AvgIpc) is 3.47. The molecule has 2 aromatic carbocycles. The zero-order valence-corrected chi connectivity index (χ0v) is 20.6. The van der Waals surface area contributed by atoms with E-state index >= 15 is 0 Å². The summed E-state index contributed by atoms with van der Waals surface area (Å²) in [5.74, 6) is -0.365. The number of aromatic nitrogens is 2. The number of nitrogens with one attached hydrogen (secondary N) is 2. The Hall–Kier alpha value is -2.65. The van der Waals surface area contributed by atoms with E-state index in [1.807, 2.05) is 53.2 Å². The molecule has 2 N–H and O–H groups in total. The minimum absolute atomic E-state index is 0.103. The molecule has 0 amide bonds. The van der Waals surface area contributed by atoms with Crippen LogP contribution in [-0.4, -0.2) is 29.0 Å². The minimum Gasteiger partial charge on any atom is -0.858 e. The molecule has 1 fully saturated rings. The van der Waals surface area contributed by atoms with Crippen molar-refractivity contribution in [3.63, 3.8) is 0 Å². The lowest BCUT2D eigenvalue weighted by Crippen LogP contribution is -2.27. The van der Waals surface area contributed by atoms with Crippen molar-refractivity contribution in [3.8, 4) is 5.88 Å². The van der Waals surface area contributed by atoms with Crippen molar-refractivity contribution < 1.29 is 9.84 Å². The molecule has 176 valence electrons. The van der Waals surface area contributed by atoms with E-state index in [1.54, 1.807) is 23.5 Å². The van der Waals surface area contributed by atoms with E-state index in [0.29, 0.717) is 16.0 Å². The Labute approximate surface area is 210 Å². The lowest BCUT2D eigenvalue weighted by atomic mass is 10.0. The second-order valence-corrected chi connectivity index (χ2v) is 10.3. The minimum atomic E-state index is -0.441. The van der Waals surface area contributed by atoms with Crippen LogP contribution in [0.25, 0.3) is 0 Å². The first-order valence-corrected chi connectivity index (χ1v) is 13.1. The summed E-state index contributed by atoms with van der Waals surface area (Å²) in [6.45, 7) is 1.55. The predicted molar refractivity (Wildman–Crippen MR) is 136 cm³/mol. The third-order valence-corrected chi connectivity index (χ3v) is 8.11. The van der Waals surface area contributed by atoms with Crippen molar-refractivity contribution in [2.45, 2.75) is 34.7 Å². The van der Waals surface area contributed by atoms with Gasteiger partial charge in [-0.3, -0.25) is 14.6 Å². The molecule has 0 saturated carbocycles. The molecule has 1 atom stereocenters. The highest BCUT2D eigenvalue weighted by atomic mass is 35.5. The summed E-state index contributed by atoms with van der Waals surface area (Å²) in [5, 5.41) is 24.2. The van der Waals surface area contributed by atoms with E-state index in [4.69, 9.17) is 16.3 Å². The summed E-state index contributed by atoms with van der Waals surface area (Å²) >= 11 is 8.90. The van der Waals surface area contributed by atoms with Gasteiger partial charge in [0.25, 0.3) is 5.56 Å². The van der Waals surface area contributed by atoms with Crippen LogP contribution in [0, 0.1) is 0 Å². The maximum Gasteiger partial charge on any atom is 0.277 e. The molecule has 0 aliphatic carbocycles. The summed E-state index contributed by atoms with van der Waals surface area (Å²) in [7, 11) is 0. The molecule has 0 spiro atoms. The van der Waals surface area contributed by atoms with Crippen molar-refractivity contribution in [1.82, 2.24) is 9.78 Å². The summed E-state index contributed by atoms with van der Waals surface area (Å²) in [5.41, 5.74) is 2.45. The van der Waals surface area contributed by atoms with E-state index in [1.165, 1.54) is 4.68 Å². The molecule has 34 heavy (non-hydrogen) atoms. The number of anilines is 1. The number of nitrogens with zero attached hydrogens (tertiary/aromatic N) is 1. The van der Waals surface area contributed by atoms with Crippen molar-refractivity contribution in [1.29, 1.82) is 0 Å². The van der Waals surface area contributed by atoms with Crippen molar-refractivity contribution in [3.05, 3.63) is 91.9 Å². The fraction of sp³-hybridized carbons (Fsp3) is 0.240. The standard InChI is InChI=1S/C25H24ClN3O3S2/c26-20-3-1-2-4-21(20)34-23-24(30)28-29(25(23)31)22(17-11-14-33-15-17)16-5-7-18(8-6-16)27-19-9-12-32-13-10-19/h1-8,11,14-15,19,22,27,31H,9-10,12-13H2,(H,28,30)/p-1. The first-order chi connectivity index (χ1) is 16.6. The van der Waals surface area contributed by atoms with Gasteiger partial charge in [-0.2, -0.15) is 11.3 Å². The average molecular weight is 513 g/mol. The van der Waals surface area contributed by atoms with Gasteiger partial charge in [-0.25, -0.2) is 0 Å². The Kier molecular flexibility index (Phi) is 7.01. The second kappa shape index (κ2) is 10.3. The third-order valence-electron chi connectivity index (χ3n) is 5.83. The highest BCUT2D eigenvalue weighted by Gasteiger charge is 2.22. The van der Waals surface area contributed by atoms with Crippen LogP contribution in [0.15, 0.2) is 79.9 Å². The number of rotatable bonds is 7. The van der Waals surface area contributed by atoms with Gasteiger partial charge in [0.2, 0.25) is 0 Å². The number of thiophene rings is 1. The summed E-state index contributed by atoms with van der Waals surface area (Å²) in [4.78, 5) is 13.6. The van der Waals surface area contributed by atoms with Gasteiger partial charge >= 0.3 is 0 Å². The van der Waals surface area contributed by atoms with E-state index in [9.17, 15) is 9.90 Å². The number of benzene rings is 2. The van der Waals surface area contributed by atoms with Gasteiger partial charge in [-0.15, -0.1) is 0 Å². The molecule has 2 aromatic heterocycles. The van der Waals surface area contributed by atoms with Crippen molar-refractivity contribution in [2.75, 3.05) is 18.5 Å². The summed E-state index contributed by atoms with van der Waals surface area (Å²) in [6, 6.07) is 17.2. The van der Waals surface area contributed by atoms with Gasteiger partial charge in [-0.1, -0.05) is 47.6 Å². The summed E-state index contributed by atoms with van der Waals surface area (Å²) < 4.78 is 6.86. The zero-order valence-electron chi connectivity index (χ0n) is 18.2. The van der Waals surface area contributed by atoms with Gasteiger partial charge in [0, 0.05) is 35.7 Å². The van der Waals surface area contributed by atoms with Gasteiger partial charge < -0.3 is 15.2 Å². The predicted octanol–water partition coefficient (Wildman–Crippen LogP) is 5.34. The largest absolute Gasteiger partial charge is 0.858 e. The third kappa shape index (κ3) is 4.90. The van der Waals surface area contributed by atoms with Gasteiger partial charge in [0.15, 0.2) is 0 Å². The Bertz CT molecular complexity index is 1300. The fourth-order valence-electron chi connectivity index (χ4n) is 4.09. The van der Waals surface area contributed by atoms with E-state index in [0.717, 1.165) is 54.6 Å². The maximum atomic E-state index is 13.4. The van der Waals surface area contributed by atoms with E-state index < -0.39 is 11.6 Å². The molecule has 1 saturated heterocycles. The molecule has 1 aliphatic heterocycles. The normalized spacial score (nSPS) is 15.3. The van der Waals surface area contributed by atoms with Gasteiger partial charge in [0.05, 0.1) is 16.0 Å². The molecule has 3 heterocycles. The summed E-state index contributed by atoms with van der Waals surface area (Å²) in [6.07, 6.45) is 1.96. The topological polar surface area (TPSA) is 82.1 Å². The van der Waals surface area contributed by atoms with Crippen LogP contribution >= 0.6 is 34.7 Å². The molecule has 0 bridgehead atoms. The molecule has 4 aromatic rings. The van der Waals surface area contributed by atoms with Crippen LogP contribution in [0.1, 0.15) is 30.0 Å². The smallest absolute Gasteiger partial charge is 0.277 e. The first kappa shape index (κ1) is 23.1. The Morgan fingerprint density at radius 2 is 1.88 bits per heavy atom. The Morgan fingerprint density at radius 1 is 1.12 bits per heavy atom. The lowest BCUT2D eigenvalue weighted by Gasteiger charge is -2.25. The maximum absolute atomic E-state index is 13.4. The molecular formula is C25H23ClN3O3S2-. The van der Waals surface area contributed by atoms with Crippen LogP contribution in [0.4, 0.5) is 5.69 Å². The molecule has 0 radical (unpaired) electrons. The Morgan fingerprint density at radius 3 is 2.59 bits per heavy atom. The SMILES string of the molecule is O=c1[nH]n(C(c2ccc(NC3CCOCC3)cc2)c2ccsc2)c([O-])c1Sc1ccccc1Cl. The number of ether oxygens (including phenoxy) is 1. The number of H-pyrrole nitrogens is 1. The highest BCUT2D eigenvalue weighted by Crippen LogP contribution is 2.38. The lowest BCUT2D eigenvalue weighted by molar-refractivity contribution is -0.284. The number of aromatic amines is 1. The fourth-order valence-corrected chi connectivity index (χ4v) is 5.87. The van der Waals surface area contributed by atoms with Gasteiger partial charge in [-0.05, 0) is 65.1 Å². The molecule has 5 rings (SSSR count). The van der Waals surface area contributed by atoms with Gasteiger partial charge in [0.1, 0.15) is 0 Å². The number of hydrogen-bond donors (Lipinski definition) is 2. The first-order valence-electron chi connectivity index (χ1n) is 11.0. The highest BCUT2D eigenvalue weighted by molar-refractivity contribution is 7.99. The quantitative estimate of drug-likeness (QED) is 0.349. The second-order valence-electron chi connectivity index (χ2n) is 8.09. The zero-order chi connectivity index (χ0) is 23.5. The van der Waals surface area contributed by atoms with Crippen LogP contribution in [0.5, 0.6) is 5.88 Å². The molecule has 9 heteroatoms. The number of hydrogen-bond acceptors (Lipinski definition) is 6. The molecule has 1 aliphatic rings. The van der Waals surface area contributed by atoms with Crippen LogP contribution in [0.3, 0.4) is 0 Å². The Balaban J connectivity index is 1.47. The molecular weight excluding hydrogens is 490 g/mol. The van der Waals surface area contributed by atoms with Crippen LogP contribution in [0.2, 0.25) is 5.02 Å².